The van der Waals surface area contributed by atoms with E-state index < -0.39 is 6.36 Å². The van der Waals surface area contributed by atoms with Crippen LogP contribution in [-0.4, -0.2) is 17.2 Å². The normalized spacial score (nSPS) is 11.5. The molecule has 33 heavy (non-hydrogen) atoms. The number of hydrogen-bond acceptors (Lipinski definition) is 4. The van der Waals surface area contributed by atoms with Gasteiger partial charge in [0.15, 0.2) is 5.11 Å². The molecule has 0 aliphatic carbocycles. The number of hydrogen-bond donors (Lipinski definition) is 1. The van der Waals surface area contributed by atoms with Crippen molar-refractivity contribution < 1.29 is 17.9 Å². The van der Waals surface area contributed by atoms with E-state index >= 15 is 0 Å². The van der Waals surface area contributed by atoms with E-state index in [2.05, 4.69) is 15.9 Å². The molecule has 3 aromatic rings. The Hall–Kier alpha value is -3.61. The van der Waals surface area contributed by atoms with E-state index in [1.165, 1.54) is 17.1 Å². The second-order valence-electron chi connectivity index (χ2n) is 6.73. The predicted octanol–water partition coefficient (Wildman–Crippen LogP) is 5.81. The highest BCUT2D eigenvalue weighted by Crippen LogP contribution is 2.26. The summed E-state index contributed by atoms with van der Waals surface area (Å²) in [5.41, 5.74) is 8.93. The maximum atomic E-state index is 12.4. The molecule has 3 aromatic carbocycles. The molecule has 0 bridgehead atoms. The van der Waals surface area contributed by atoms with Gasteiger partial charge in [0.25, 0.3) is 0 Å². The van der Waals surface area contributed by atoms with Gasteiger partial charge in [-0.05, 0) is 71.9 Å². The van der Waals surface area contributed by atoms with Gasteiger partial charge in [-0.15, -0.1) is 13.2 Å². The van der Waals surface area contributed by atoms with Crippen LogP contribution in [0.1, 0.15) is 16.7 Å². The lowest BCUT2D eigenvalue weighted by molar-refractivity contribution is -0.274. The molecule has 0 saturated carbocycles. The smallest absolute Gasteiger partial charge is 0.406 e. The Morgan fingerprint density at radius 1 is 1.03 bits per heavy atom. The van der Waals surface area contributed by atoms with Crippen LogP contribution in [0.25, 0.3) is 0 Å². The highest BCUT2D eigenvalue weighted by Gasteiger charge is 2.31. The van der Waals surface area contributed by atoms with Crippen molar-refractivity contribution in [2.24, 2.45) is 10.8 Å². The molecule has 0 saturated heterocycles. The molecule has 0 aliphatic heterocycles. The molecule has 0 fully saturated rings. The number of ether oxygens (including phenoxy) is 1. The van der Waals surface area contributed by atoms with Crippen LogP contribution in [-0.2, 0) is 6.42 Å². The molecule has 10 heteroatoms. The SMILES string of the molecule is N#Cc1ccc(C/C(=N/N(C(N)=S)c2ccc(OC(F)(F)F)cc2)c2ccc(Cl)cc2)cc1. The number of nitriles is 1. The molecule has 0 heterocycles. The summed E-state index contributed by atoms with van der Waals surface area (Å²) in [6, 6.07) is 21.1. The third-order valence-electron chi connectivity index (χ3n) is 4.38. The minimum absolute atomic E-state index is 0.106. The van der Waals surface area contributed by atoms with Gasteiger partial charge >= 0.3 is 6.36 Å². The van der Waals surface area contributed by atoms with Crippen LogP contribution in [0, 0.1) is 11.3 Å². The summed E-state index contributed by atoms with van der Waals surface area (Å²) in [5, 5.41) is 15.3. The molecule has 0 aromatic heterocycles. The monoisotopic (exact) mass is 488 g/mol. The highest BCUT2D eigenvalue weighted by atomic mass is 35.5. The minimum atomic E-state index is -4.80. The van der Waals surface area contributed by atoms with E-state index in [-0.39, 0.29) is 10.9 Å². The van der Waals surface area contributed by atoms with Crippen LogP contribution in [0.15, 0.2) is 77.9 Å². The number of anilines is 1. The molecule has 5 nitrogen and oxygen atoms in total. The van der Waals surface area contributed by atoms with Crippen molar-refractivity contribution in [3.8, 4) is 11.8 Å². The zero-order valence-corrected chi connectivity index (χ0v) is 18.5. The van der Waals surface area contributed by atoms with Crippen LogP contribution in [0.4, 0.5) is 18.9 Å². The van der Waals surface area contributed by atoms with Gasteiger partial charge in [0.05, 0.1) is 23.0 Å². The first-order valence-electron chi connectivity index (χ1n) is 9.42. The van der Waals surface area contributed by atoms with Crippen molar-refractivity contribution in [1.29, 1.82) is 5.26 Å². The van der Waals surface area contributed by atoms with Crippen molar-refractivity contribution in [1.82, 2.24) is 0 Å². The number of alkyl halides is 3. The molecule has 0 spiro atoms. The lowest BCUT2D eigenvalue weighted by atomic mass is 10.0. The molecule has 0 amide bonds. The Morgan fingerprint density at radius 3 is 2.15 bits per heavy atom. The van der Waals surface area contributed by atoms with E-state index in [0.717, 1.165) is 23.3 Å². The van der Waals surface area contributed by atoms with E-state index in [0.29, 0.717) is 28.4 Å². The topological polar surface area (TPSA) is 74.6 Å². The third kappa shape index (κ3) is 6.94. The largest absolute Gasteiger partial charge is 0.573 e. The fraction of sp³-hybridized carbons (Fsp3) is 0.0870. The Labute approximate surface area is 198 Å². The molecule has 2 N–H and O–H groups in total. The van der Waals surface area contributed by atoms with E-state index in [1.54, 1.807) is 48.5 Å². The molecular formula is C23H16ClF3N4OS. The van der Waals surface area contributed by atoms with Crippen LogP contribution >= 0.6 is 23.8 Å². The van der Waals surface area contributed by atoms with Crippen LogP contribution < -0.4 is 15.5 Å². The van der Waals surface area contributed by atoms with Gasteiger partial charge in [0, 0.05) is 11.4 Å². The molecule has 0 aliphatic rings. The summed E-state index contributed by atoms with van der Waals surface area (Å²) in [6.45, 7) is 0. The van der Waals surface area contributed by atoms with Crippen molar-refractivity contribution in [3.63, 3.8) is 0 Å². The van der Waals surface area contributed by atoms with Crippen molar-refractivity contribution in [2.45, 2.75) is 12.8 Å². The molecule has 0 unspecified atom stereocenters. The molecule has 0 radical (unpaired) electrons. The van der Waals surface area contributed by atoms with Crippen molar-refractivity contribution in [3.05, 3.63) is 94.5 Å². The van der Waals surface area contributed by atoms with E-state index in [1.807, 2.05) is 0 Å². The zero-order valence-electron chi connectivity index (χ0n) is 16.9. The molecule has 3 rings (SSSR count). The number of halogens is 4. The maximum Gasteiger partial charge on any atom is 0.573 e. The lowest BCUT2D eigenvalue weighted by Crippen LogP contribution is -2.32. The summed E-state index contributed by atoms with van der Waals surface area (Å²) < 4.78 is 41.2. The summed E-state index contributed by atoms with van der Waals surface area (Å²) in [4.78, 5) is 0. The van der Waals surface area contributed by atoms with Crippen LogP contribution in [0.3, 0.4) is 0 Å². The number of hydrazone groups is 1. The van der Waals surface area contributed by atoms with Gasteiger partial charge < -0.3 is 10.5 Å². The number of thiocarbonyl (C=S) groups is 1. The predicted molar refractivity (Wildman–Crippen MR) is 125 cm³/mol. The minimum Gasteiger partial charge on any atom is -0.406 e. The van der Waals surface area contributed by atoms with Gasteiger partial charge in [0.2, 0.25) is 0 Å². The second kappa shape index (κ2) is 10.3. The molecular weight excluding hydrogens is 473 g/mol. The zero-order chi connectivity index (χ0) is 24.0. The fourth-order valence-electron chi connectivity index (χ4n) is 2.87. The Balaban J connectivity index is 1.99. The van der Waals surface area contributed by atoms with E-state index in [4.69, 9.17) is 34.8 Å². The Morgan fingerprint density at radius 2 is 1.64 bits per heavy atom. The number of benzene rings is 3. The first-order valence-corrected chi connectivity index (χ1v) is 10.2. The molecule has 0 atom stereocenters. The fourth-order valence-corrected chi connectivity index (χ4v) is 3.14. The summed E-state index contributed by atoms with van der Waals surface area (Å²) in [5.74, 6) is -0.381. The van der Waals surface area contributed by atoms with Crippen LogP contribution in [0.2, 0.25) is 5.02 Å². The average molecular weight is 489 g/mol. The quantitative estimate of drug-likeness (QED) is 0.269. The Bertz CT molecular complexity index is 1190. The van der Waals surface area contributed by atoms with Crippen molar-refractivity contribution >= 4 is 40.3 Å². The standard InChI is InChI=1S/C23H16ClF3N4OS/c24-18-7-5-17(6-8-18)21(13-15-1-3-16(14-28)4-2-15)30-31(22(29)33)19-9-11-20(12-10-19)32-23(25,26)27/h1-12H,13H2,(H2,29,33)/b30-21-. The van der Waals surface area contributed by atoms with Gasteiger partial charge in [0.1, 0.15) is 5.75 Å². The first kappa shape index (κ1) is 24.0. The lowest BCUT2D eigenvalue weighted by Gasteiger charge is -2.20. The molecule has 168 valence electrons. The van der Waals surface area contributed by atoms with Gasteiger partial charge in [-0.1, -0.05) is 35.9 Å². The van der Waals surface area contributed by atoms with Crippen LogP contribution in [0.5, 0.6) is 5.75 Å². The average Bonchev–Trinajstić information content (AvgIpc) is 2.77. The van der Waals surface area contributed by atoms with Gasteiger partial charge in [-0.3, -0.25) is 0 Å². The van der Waals surface area contributed by atoms with E-state index in [9.17, 15) is 13.2 Å². The Kier molecular flexibility index (Phi) is 7.53. The second-order valence-corrected chi connectivity index (χ2v) is 7.59. The first-order chi connectivity index (χ1) is 15.6. The highest BCUT2D eigenvalue weighted by molar-refractivity contribution is 7.80. The van der Waals surface area contributed by atoms with Gasteiger partial charge in [-0.25, -0.2) is 5.01 Å². The third-order valence-corrected chi connectivity index (χ3v) is 4.80. The summed E-state index contributed by atoms with van der Waals surface area (Å²) >= 11 is 11.1. The number of nitrogens with two attached hydrogens (primary N) is 1. The summed E-state index contributed by atoms with van der Waals surface area (Å²) in [7, 11) is 0. The maximum absolute atomic E-state index is 12.4. The number of rotatable bonds is 6. The van der Waals surface area contributed by atoms with Crippen molar-refractivity contribution in [2.75, 3.05) is 5.01 Å². The number of nitrogens with zero attached hydrogens (tertiary/aromatic N) is 3. The summed E-state index contributed by atoms with van der Waals surface area (Å²) in [6.07, 6.45) is -4.44. The van der Waals surface area contributed by atoms with Gasteiger partial charge in [-0.2, -0.15) is 10.4 Å².